The Balaban J connectivity index is 1.94. The number of rotatable bonds is 3. The van der Waals surface area contributed by atoms with E-state index in [2.05, 4.69) is 4.98 Å². The lowest BCUT2D eigenvalue weighted by Crippen LogP contribution is -2.53. The Hall–Kier alpha value is -2.73. The summed E-state index contributed by atoms with van der Waals surface area (Å²) in [4.78, 5) is 32.6. The third kappa shape index (κ3) is 3.25. The van der Waals surface area contributed by atoms with E-state index < -0.39 is 12.1 Å². The molecule has 0 spiro atoms. The lowest BCUT2D eigenvalue weighted by molar-refractivity contribution is -0.160. The van der Waals surface area contributed by atoms with Gasteiger partial charge in [-0.05, 0) is 24.1 Å². The third-order valence-electron chi connectivity index (χ3n) is 4.50. The van der Waals surface area contributed by atoms with E-state index in [1.165, 1.54) is 4.90 Å². The number of amides is 2. The Labute approximate surface area is 147 Å². The number of carbonyl (C=O) groups excluding carboxylic acids is 2. The highest BCUT2D eigenvalue weighted by Gasteiger charge is 2.41. The fourth-order valence-electron chi connectivity index (χ4n) is 3.09. The molecule has 25 heavy (non-hydrogen) atoms. The SMILES string of the molecule is Cc1cccnc1N(C)C(=O)[C@H]1OCC(=O)N(C)[C@@H]1c1ccccc1. The van der Waals surface area contributed by atoms with E-state index >= 15 is 0 Å². The minimum atomic E-state index is -0.781. The summed E-state index contributed by atoms with van der Waals surface area (Å²) in [5, 5.41) is 0. The standard InChI is InChI=1S/C19H21N3O3/c1-13-8-7-11-20-18(13)22(3)19(24)17-16(14-9-5-4-6-10-14)21(2)15(23)12-25-17/h4-11,16-17H,12H2,1-3H3/t16-,17+/m1/s1. The number of benzene rings is 1. The smallest absolute Gasteiger partial charge is 0.259 e. The molecule has 1 aliphatic rings. The van der Waals surface area contributed by atoms with Gasteiger partial charge in [0.15, 0.2) is 6.10 Å². The summed E-state index contributed by atoms with van der Waals surface area (Å²) in [5.74, 6) is 0.215. The molecular weight excluding hydrogens is 318 g/mol. The van der Waals surface area contributed by atoms with E-state index in [4.69, 9.17) is 4.74 Å². The number of carbonyl (C=O) groups is 2. The molecule has 0 saturated carbocycles. The highest BCUT2D eigenvalue weighted by atomic mass is 16.5. The second-order valence-corrected chi connectivity index (χ2v) is 6.13. The molecule has 1 fully saturated rings. The zero-order valence-electron chi connectivity index (χ0n) is 14.5. The van der Waals surface area contributed by atoms with Crippen LogP contribution in [0.1, 0.15) is 17.2 Å². The number of ether oxygens (including phenoxy) is 1. The maximum absolute atomic E-state index is 13.1. The molecule has 2 amide bonds. The summed E-state index contributed by atoms with van der Waals surface area (Å²) in [6, 6.07) is 12.7. The van der Waals surface area contributed by atoms with E-state index in [1.807, 2.05) is 49.4 Å². The molecule has 1 aliphatic heterocycles. The number of aryl methyl sites for hydroxylation is 1. The second-order valence-electron chi connectivity index (χ2n) is 6.13. The molecule has 0 unspecified atom stereocenters. The minimum absolute atomic E-state index is 0.106. The number of anilines is 1. The number of nitrogens with zero attached hydrogens (tertiary/aromatic N) is 3. The van der Waals surface area contributed by atoms with Gasteiger partial charge in [-0.3, -0.25) is 14.5 Å². The fourth-order valence-corrected chi connectivity index (χ4v) is 3.09. The normalized spacial score (nSPS) is 20.4. The topological polar surface area (TPSA) is 62.7 Å². The van der Waals surface area contributed by atoms with Crippen LogP contribution in [-0.2, 0) is 14.3 Å². The summed E-state index contributed by atoms with van der Waals surface area (Å²) in [5.41, 5.74) is 1.76. The van der Waals surface area contributed by atoms with Crippen LogP contribution in [0.4, 0.5) is 5.82 Å². The van der Waals surface area contributed by atoms with Crippen LogP contribution in [0.25, 0.3) is 0 Å². The van der Waals surface area contributed by atoms with E-state index in [0.29, 0.717) is 5.82 Å². The van der Waals surface area contributed by atoms with Crippen molar-refractivity contribution < 1.29 is 14.3 Å². The predicted molar refractivity (Wildman–Crippen MR) is 94.1 cm³/mol. The number of pyridine rings is 1. The lowest BCUT2D eigenvalue weighted by Gasteiger charge is -2.39. The van der Waals surface area contributed by atoms with Crippen LogP contribution >= 0.6 is 0 Å². The summed E-state index contributed by atoms with van der Waals surface area (Å²) in [7, 11) is 3.38. The molecule has 6 heteroatoms. The van der Waals surface area contributed by atoms with Gasteiger partial charge in [-0.2, -0.15) is 0 Å². The Morgan fingerprint density at radius 1 is 1.24 bits per heavy atom. The van der Waals surface area contributed by atoms with Crippen LogP contribution in [0.2, 0.25) is 0 Å². The van der Waals surface area contributed by atoms with Gasteiger partial charge in [-0.25, -0.2) is 4.98 Å². The van der Waals surface area contributed by atoms with Gasteiger partial charge in [0.25, 0.3) is 5.91 Å². The van der Waals surface area contributed by atoms with E-state index in [0.717, 1.165) is 11.1 Å². The van der Waals surface area contributed by atoms with E-state index in [1.54, 1.807) is 25.2 Å². The molecule has 1 saturated heterocycles. The van der Waals surface area contributed by atoms with E-state index in [-0.39, 0.29) is 18.4 Å². The van der Waals surface area contributed by atoms with Crippen LogP contribution in [0.3, 0.4) is 0 Å². The minimum Gasteiger partial charge on any atom is -0.356 e. The second kappa shape index (κ2) is 7.03. The highest BCUT2D eigenvalue weighted by Crippen LogP contribution is 2.31. The molecule has 1 aromatic carbocycles. The number of likely N-dealkylation sites (N-methyl/N-ethyl adjacent to an activating group) is 2. The Morgan fingerprint density at radius 2 is 1.96 bits per heavy atom. The van der Waals surface area contributed by atoms with Crippen LogP contribution < -0.4 is 4.90 Å². The molecule has 2 aromatic rings. The number of aromatic nitrogens is 1. The summed E-state index contributed by atoms with van der Waals surface area (Å²) in [6.45, 7) is 1.80. The molecular formula is C19H21N3O3. The average molecular weight is 339 g/mol. The van der Waals surface area contributed by atoms with Crippen molar-refractivity contribution in [3.63, 3.8) is 0 Å². The van der Waals surface area contributed by atoms with Crippen LogP contribution in [0, 0.1) is 6.92 Å². The van der Waals surface area contributed by atoms with Crippen LogP contribution in [0.5, 0.6) is 0 Å². The zero-order valence-corrected chi connectivity index (χ0v) is 14.5. The van der Waals surface area contributed by atoms with Gasteiger partial charge in [0, 0.05) is 20.3 Å². The zero-order chi connectivity index (χ0) is 18.0. The fraction of sp³-hybridized carbons (Fsp3) is 0.316. The van der Waals surface area contributed by atoms with Crippen molar-refractivity contribution in [1.29, 1.82) is 0 Å². The predicted octanol–water partition coefficient (Wildman–Crippen LogP) is 1.95. The molecule has 130 valence electrons. The van der Waals surface area contributed by atoms with Gasteiger partial charge in [-0.1, -0.05) is 36.4 Å². The molecule has 0 N–H and O–H groups in total. The van der Waals surface area contributed by atoms with Crippen molar-refractivity contribution in [2.45, 2.75) is 19.1 Å². The number of hydrogen-bond donors (Lipinski definition) is 0. The summed E-state index contributed by atoms with van der Waals surface area (Å²) in [6.07, 6.45) is 0.870. The summed E-state index contributed by atoms with van der Waals surface area (Å²) < 4.78 is 5.66. The van der Waals surface area contributed by atoms with Crippen molar-refractivity contribution in [2.75, 3.05) is 25.6 Å². The molecule has 6 nitrogen and oxygen atoms in total. The quantitative estimate of drug-likeness (QED) is 0.857. The van der Waals surface area contributed by atoms with E-state index in [9.17, 15) is 9.59 Å². The summed E-state index contributed by atoms with van der Waals surface area (Å²) >= 11 is 0. The molecule has 1 aromatic heterocycles. The van der Waals surface area contributed by atoms with Gasteiger partial charge in [-0.15, -0.1) is 0 Å². The van der Waals surface area contributed by atoms with Crippen LogP contribution in [-0.4, -0.2) is 48.5 Å². The molecule has 2 atom stereocenters. The Kier molecular flexibility index (Phi) is 4.81. The van der Waals surface area contributed by atoms with Crippen molar-refractivity contribution in [3.05, 3.63) is 59.8 Å². The Morgan fingerprint density at radius 3 is 2.64 bits per heavy atom. The van der Waals surface area contributed by atoms with Gasteiger partial charge in [0.1, 0.15) is 12.4 Å². The van der Waals surface area contributed by atoms with Crippen LogP contribution in [0.15, 0.2) is 48.7 Å². The first-order valence-corrected chi connectivity index (χ1v) is 8.12. The maximum Gasteiger partial charge on any atom is 0.259 e. The van der Waals surface area contributed by atoms with Crippen molar-refractivity contribution >= 4 is 17.6 Å². The van der Waals surface area contributed by atoms with Crippen molar-refractivity contribution in [3.8, 4) is 0 Å². The monoisotopic (exact) mass is 339 g/mol. The maximum atomic E-state index is 13.1. The van der Waals surface area contributed by atoms with Crippen molar-refractivity contribution in [1.82, 2.24) is 9.88 Å². The molecule has 0 bridgehead atoms. The van der Waals surface area contributed by atoms with Gasteiger partial charge in [0.05, 0.1) is 6.04 Å². The lowest BCUT2D eigenvalue weighted by atomic mass is 9.97. The van der Waals surface area contributed by atoms with Crippen molar-refractivity contribution in [2.24, 2.45) is 0 Å². The molecule has 0 radical (unpaired) electrons. The van der Waals surface area contributed by atoms with Gasteiger partial charge >= 0.3 is 0 Å². The first-order valence-electron chi connectivity index (χ1n) is 8.12. The molecule has 0 aliphatic carbocycles. The average Bonchev–Trinajstić information content (AvgIpc) is 2.64. The molecule has 3 rings (SSSR count). The largest absolute Gasteiger partial charge is 0.356 e. The number of morpholine rings is 1. The van der Waals surface area contributed by atoms with Gasteiger partial charge in [0.2, 0.25) is 5.91 Å². The first-order chi connectivity index (χ1) is 12.0. The van der Waals surface area contributed by atoms with Gasteiger partial charge < -0.3 is 9.64 Å². The first kappa shape index (κ1) is 17.1. The number of hydrogen-bond acceptors (Lipinski definition) is 4. The third-order valence-corrected chi connectivity index (χ3v) is 4.50. The highest BCUT2D eigenvalue weighted by molar-refractivity contribution is 5.97. The Bertz CT molecular complexity index is 778. The molecule has 2 heterocycles.